The van der Waals surface area contributed by atoms with Gasteiger partial charge in [-0.1, -0.05) is 25.1 Å². The van der Waals surface area contributed by atoms with Gasteiger partial charge in [0.15, 0.2) is 11.5 Å². The summed E-state index contributed by atoms with van der Waals surface area (Å²) in [5.41, 5.74) is 3.37. The number of fused-ring (bicyclic) bond motifs is 1. The smallest absolute Gasteiger partial charge is 0.251 e. The predicted molar refractivity (Wildman–Crippen MR) is 137 cm³/mol. The number of carbonyl (C=O) groups excluding carboxylic acids is 1. The van der Waals surface area contributed by atoms with Crippen molar-refractivity contribution in [2.24, 2.45) is 0 Å². The molecular weight excluding hydrogens is 459 g/mol. The van der Waals surface area contributed by atoms with Crippen LogP contribution in [0.5, 0.6) is 17.2 Å². The lowest BCUT2D eigenvalue weighted by Gasteiger charge is -2.42. The number of hydrogen-bond acceptors (Lipinski definition) is 5. The topological polar surface area (TPSA) is 60.0 Å². The molecule has 0 bridgehead atoms. The maximum atomic E-state index is 14.6. The average molecular weight is 493 g/mol. The van der Waals surface area contributed by atoms with Gasteiger partial charge < -0.3 is 19.5 Å². The molecule has 0 fully saturated rings. The molecule has 1 amide bonds. The van der Waals surface area contributed by atoms with Crippen molar-refractivity contribution in [2.45, 2.75) is 38.4 Å². The number of benzene rings is 3. The summed E-state index contributed by atoms with van der Waals surface area (Å²) in [6, 6.07) is 17.5. The molecule has 0 aromatic heterocycles. The van der Waals surface area contributed by atoms with Crippen molar-refractivity contribution >= 4 is 5.91 Å². The summed E-state index contributed by atoms with van der Waals surface area (Å²) >= 11 is 0. The van der Waals surface area contributed by atoms with Crippen LogP contribution in [-0.2, 0) is 13.0 Å². The molecule has 0 radical (unpaired) electrons. The molecule has 2 atom stereocenters. The van der Waals surface area contributed by atoms with Crippen LogP contribution in [0, 0.1) is 5.82 Å². The van der Waals surface area contributed by atoms with Crippen LogP contribution in [0.1, 0.15) is 46.4 Å². The van der Waals surface area contributed by atoms with Crippen molar-refractivity contribution in [2.75, 3.05) is 27.9 Å². The Kier molecular flexibility index (Phi) is 8.10. The fourth-order valence-electron chi connectivity index (χ4n) is 4.92. The monoisotopic (exact) mass is 492 g/mol. The highest BCUT2D eigenvalue weighted by molar-refractivity contribution is 5.94. The number of carbonyl (C=O) groups is 1. The highest BCUT2D eigenvalue weighted by Crippen LogP contribution is 2.40. The van der Waals surface area contributed by atoms with E-state index < -0.39 is 0 Å². The summed E-state index contributed by atoms with van der Waals surface area (Å²) in [6.07, 6.45) is 1.47. The molecule has 7 heteroatoms. The summed E-state index contributed by atoms with van der Waals surface area (Å²) in [6.45, 7) is 3.20. The standard InChI is InChI=1S/C29H33FN2O4/c1-5-25(31-29(33)19-10-12-22(34-2)13-11-19)28-23-17-27(36-4)26(35-3)16-20(23)14-15-32(28)18-21-8-6-7-9-24(21)30/h6-13,16-17,25,28H,5,14-15,18H2,1-4H3,(H,31,33)/t25-,28-/m1/s1. The number of ether oxygens (including phenoxy) is 3. The van der Waals surface area contributed by atoms with Gasteiger partial charge in [-0.15, -0.1) is 0 Å². The number of hydrogen-bond donors (Lipinski definition) is 1. The third-order valence-corrected chi connectivity index (χ3v) is 6.85. The van der Waals surface area contributed by atoms with Gasteiger partial charge in [-0.05, 0) is 66.4 Å². The fraction of sp³-hybridized carbons (Fsp3) is 0.345. The van der Waals surface area contributed by atoms with Gasteiger partial charge in [0.05, 0.1) is 27.4 Å². The third-order valence-electron chi connectivity index (χ3n) is 6.85. The molecule has 1 heterocycles. The number of nitrogens with zero attached hydrogens (tertiary/aromatic N) is 1. The van der Waals surface area contributed by atoms with Crippen molar-refractivity contribution in [1.29, 1.82) is 0 Å². The Morgan fingerprint density at radius 3 is 2.36 bits per heavy atom. The number of rotatable bonds is 9. The Hall–Kier alpha value is -3.58. The van der Waals surface area contributed by atoms with Crippen LogP contribution >= 0.6 is 0 Å². The van der Waals surface area contributed by atoms with Crippen LogP contribution in [0.25, 0.3) is 0 Å². The number of halogens is 1. The van der Waals surface area contributed by atoms with Crippen LogP contribution < -0.4 is 19.5 Å². The SMILES string of the molecule is CC[C@@H](NC(=O)c1ccc(OC)cc1)[C@H]1c2cc(OC)c(OC)cc2CCN1Cc1ccccc1F. The van der Waals surface area contributed by atoms with Gasteiger partial charge in [0.1, 0.15) is 11.6 Å². The molecule has 1 aliphatic rings. The van der Waals surface area contributed by atoms with E-state index in [0.29, 0.717) is 41.3 Å². The number of nitrogens with one attached hydrogen (secondary N) is 1. The summed E-state index contributed by atoms with van der Waals surface area (Å²) in [5, 5.41) is 3.24. The first kappa shape index (κ1) is 25.5. The predicted octanol–water partition coefficient (Wildman–Crippen LogP) is 5.16. The van der Waals surface area contributed by atoms with E-state index in [0.717, 1.165) is 24.1 Å². The molecular formula is C29H33FN2O4. The first-order chi connectivity index (χ1) is 17.5. The van der Waals surface area contributed by atoms with Crippen molar-refractivity contribution in [3.05, 3.63) is 88.7 Å². The lowest BCUT2D eigenvalue weighted by Crippen LogP contribution is -2.48. The van der Waals surface area contributed by atoms with Gasteiger partial charge in [0.2, 0.25) is 0 Å². The minimum absolute atomic E-state index is 0.164. The molecule has 0 saturated heterocycles. The van der Waals surface area contributed by atoms with E-state index in [4.69, 9.17) is 14.2 Å². The van der Waals surface area contributed by atoms with Gasteiger partial charge in [-0.3, -0.25) is 9.69 Å². The van der Waals surface area contributed by atoms with E-state index in [1.54, 1.807) is 51.7 Å². The first-order valence-electron chi connectivity index (χ1n) is 12.2. The Morgan fingerprint density at radius 1 is 1.03 bits per heavy atom. The van der Waals surface area contributed by atoms with Crippen molar-refractivity contribution in [1.82, 2.24) is 10.2 Å². The van der Waals surface area contributed by atoms with Gasteiger partial charge >= 0.3 is 0 Å². The van der Waals surface area contributed by atoms with Gasteiger partial charge in [-0.2, -0.15) is 0 Å². The van der Waals surface area contributed by atoms with Gasteiger partial charge in [-0.25, -0.2) is 4.39 Å². The zero-order valence-electron chi connectivity index (χ0n) is 21.2. The molecule has 0 saturated carbocycles. The number of amides is 1. The molecule has 36 heavy (non-hydrogen) atoms. The van der Waals surface area contributed by atoms with Crippen LogP contribution in [0.4, 0.5) is 4.39 Å². The molecule has 3 aromatic carbocycles. The van der Waals surface area contributed by atoms with E-state index in [2.05, 4.69) is 17.1 Å². The Labute approximate surface area is 212 Å². The molecule has 0 unspecified atom stereocenters. The third kappa shape index (κ3) is 5.31. The minimum Gasteiger partial charge on any atom is -0.497 e. The Bertz CT molecular complexity index is 1200. The maximum Gasteiger partial charge on any atom is 0.251 e. The second-order valence-corrected chi connectivity index (χ2v) is 8.88. The Balaban J connectivity index is 1.71. The van der Waals surface area contributed by atoms with Crippen LogP contribution in [0.15, 0.2) is 60.7 Å². The van der Waals surface area contributed by atoms with Gasteiger partial charge in [0.25, 0.3) is 5.91 Å². The lowest BCUT2D eigenvalue weighted by atomic mass is 9.86. The largest absolute Gasteiger partial charge is 0.497 e. The summed E-state index contributed by atoms with van der Waals surface area (Å²) in [5.74, 6) is 1.60. The maximum absolute atomic E-state index is 14.6. The zero-order valence-corrected chi connectivity index (χ0v) is 21.2. The summed E-state index contributed by atoms with van der Waals surface area (Å²) < 4.78 is 31.0. The van der Waals surface area contributed by atoms with E-state index in [-0.39, 0.29) is 23.8 Å². The molecule has 3 aromatic rings. The lowest BCUT2D eigenvalue weighted by molar-refractivity contribution is 0.0857. The molecule has 6 nitrogen and oxygen atoms in total. The molecule has 0 spiro atoms. The molecule has 1 N–H and O–H groups in total. The number of methoxy groups -OCH3 is 3. The van der Waals surface area contributed by atoms with Crippen LogP contribution in [-0.4, -0.2) is 44.7 Å². The van der Waals surface area contributed by atoms with E-state index >= 15 is 0 Å². The van der Waals surface area contributed by atoms with Gasteiger partial charge in [0, 0.05) is 30.3 Å². The minimum atomic E-state index is -0.232. The zero-order chi connectivity index (χ0) is 25.7. The average Bonchev–Trinajstić information content (AvgIpc) is 2.92. The van der Waals surface area contributed by atoms with Crippen molar-refractivity contribution in [3.63, 3.8) is 0 Å². The first-order valence-corrected chi connectivity index (χ1v) is 12.2. The highest BCUT2D eigenvalue weighted by Gasteiger charge is 2.35. The normalized spacial score (nSPS) is 16.1. The fourth-order valence-corrected chi connectivity index (χ4v) is 4.92. The molecule has 0 aliphatic carbocycles. The van der Waals surface area contributed by atoms with Crippen molar-refractivity contribution < 1.29 is 23.4 Å². The van der Waals surface area contributed by atoms with E-state index in [1.807, 2.05) is 24.3 Å². The second kappa shape index (κ2) is 11.4. The Morgan fingerprint density at radius 2 is 1.72 bits per heavy atom. The summed E-state index contributed by atoms with van der Waals surface area (Å²) in [7, 11) is 4.83. The van der Waals surface area contributed by atoms with Crippen LogP contribution in [0.2, 0.25) is 0 Å². The van der Waals surface area contributed by atoms with E-state index in [1.165, 1.54) is 6.07 Å². The molecule has 190 valence electrons. The summed E-state index contributed by atoms with van der Waals surface area (Å²) in [4.78, 5) is 15.5. The second-order valence-electron chi connectivity index (χ2n) is 8.88. The quantitative estimate of drug-likeness (QED) is 0.447. The molecule has 1 aliphatic heterocycles. The van der Waals surface area contributed by atoms with Crippen LogP contribution in [0.3, 0.4) is 0 Å². The van der Waals surface area contributed by atoms with E-state index in [9.17, 15) is 9.18 Å². The molecule has 4 rings (SSSR count). The highest BCUT2D eigenvalue weighted by atomic mass is 19.1. The van der Waals surface area contributed by atoms with Crippen molar-refractivity contribution in [3.8, 4) is 17.2 Å².